The van der Waals surface area contributed by atoms with E-state index >= 15 is 0 Å². The van der Waals surface area contributed by atoms with Crippen molar-refractivity contribution in [1.82, 2.24) is 5.32 Å². The summed E-state index contributed by atoms with van der Waals surface area (Å²) in [6.07, 6.45) is 0.785. The van der Waals surface area contributed by atoms with Crippen LogP contribution in [0.15, 0.2) is 47.8 Å². The second-order valence-corrected chi connectivity index (χ2v) is 5.01. The van der Waals surface area contributed by atoms with Crippen molar-refractivity contribution in [1.29, 1.82) is 0 Å². The fourth-order valence-electron chi connectivity index (χ4n) is 1.82. The highest BCUT2D eigenvalue weighted by molar-refractivity contribution is 7.10. The minimum absolute atomic E-state index is 0.00319. The molecule has 1 amide bonds. The summed E-state index contributed by atoms with van der Waals surface area (Å²) in [6.45, 7) is 0.0245. The van der Waals surface area contributed by atoms with Gasteiger partial charge in [0.1, 0.15) is 0 Å². The van der Waals surface area contributed by atoms with Crippen molar-refractivity contribution in [3.05, 3.63) is 58.3 Å². The van der Waals surface area contributed by atoms with Crippen molar-refractivity contribution in [2.45, 2.75) is 12.5 Å². The fraction of sp³-hybridized carbons (Fsp3) is 0.214. The molecule has 0 aliphatic rings. The molecule has 1 aromatic heterocycles. The first-order chi connectivity index (χ1) is 8.79. The maximum Gasteiger partial charge on any atom is 0.234 e. The number of hydrogen-bond acceptors (Lipinski definition) is 3. The molecule has 3 N–H and O–H groups in total. The summed E-state index contributed by atoms with van der Waals surface area (Å²) in [4.78, 5) is 12.6. The average molecular weight is 260 g/mol. The first-order valence-electron chi connectivity index (χ1n) is 5.86. The fourth-order valence-corrected chi connectivity index (χ4v) is 2.59. The highest BCUT2D eigenvalue weighted by Gasteiger charge is 2.15. The van der Waals surface area contributed by atoms with Gasteiger partial charge in [-0.3, -0.25) is 4.79 Å². The Bertz CT molecular complexity index is 482. The van der Waals surface area contributed by atoms with E-state index in [1.54, 1.807) is 11.3 Å². The number of thiophene rings is 1. The van der Waals surface area contributed by atoms with Gasteiger partial charge >= 0.3 is 0 Å². The van der Waals surface area contributed by atoms with Gasteiger partial charge in [0.15, 0.2) is 0 Å². The van der Waals surface area contributed by atoms with E-state index in [1.165, 1.54) is 5.56 Å². The Morgan fingerprint density at radius 2 is 2.00 bits per heavy atom. The average Bonchev–Trinajstić information content (AvgIpc) is 2.93. The molecule has 2 aromatic rings. The van der Waals surface area contributed by atoms with Crippen molar-refractivity contribution in [2.75, 3.05) is 6.54 Å². The quantitative estimate of drug-likeness (QED) is 0.865. The largest absolute Gasteiger partial charge is 0.347 e. The molecular formula is C14H16N2OS. The lowest BCUT2D eigenvalue weighted by atomic mass is 10.0. The van der Waals surface area contributed by atoms with Crippen LogP contribution in [0.25, 0.3) is 0 Å². The molecule has 2 rings (SSSR count). The van der Waals surface area contributed by atoms with Crippen molar-refractivity contribution < 1.29 is 4.79 Å². The lowest BCUT2D eigenvalue weighted by molar-refractivity contribution is -0.120. The van der Waals surface area contributed by atoms with Crippen LogP contribution in [0.2, 0.25) is 0 Å². The van der Waals surface area contributed by atoms with Crippen LogP contribution in [0, 0.1) is 0 Å². The molecule has 1 atom stereocenters. The Morgan fingerprint density at radius 3 is 2.61 bits per heavy atom. The van der Waals surface area contributed by atoms with Crippen molar-refractivity contribution in [3.63, 3.8) is 0 Å². The van der Waals surface area contributed by atoms with Crippen LogP contribution in [0.5, 0.6) is 0 Å². The molecule has 1 aromatic carbocycles. The summed E-state index contributed by atoms with van der Waals surface area (Å²) in [6, 6.07) is 14.2. The second-order valence-electron chi connectivity index (χ2n) is 4.03. The molecule has 0 spiro atoms. The summed E-state index contributed by atoms with van der Waals surface area (Å²) in [5.41, 5.74) is 6.56. The van der Waals surface area contributed by atoms with E-state index in [9.17, 15) is 4.79 Å². The van der Waals surface area contributed by atoms with E-state index in [-0.39, 0.29) is 18.5 Å². The van der Waals surface area contributed by atoms with Crippen LogP contribution in [0.4, 0.5) is 0 Å². The smallest absolute Gasteiger partial charge is 0.234 e. The molecule has 94 valence electrons. The molecule has 0 fully saturated rings. The Hall–Kier alpha value is -1.65. The van der Waals surface area contributed by atoms with Gasteiger partial charge in [-0.25, -0.2) is 0 Å². The van der Waals surface area contributed by atoms with Crippen molar-refractivity contribution >= 4 is 17.2 Å². The summed E-state index contributed by atoms with van der Waals surface area (Å²) in [5, 5.41) is 4.98. The number of nitrogens with two attached hydrogens (primary N) is 1. The molecule has 0 aliphatic heterocycles. The van der Waals surface area contributed by atoms with E-state index in [0.717, 1.165) is 11.3 Å². The van der Waals surface area contributed by atoms with E-state index in [4.69, 9.17) is 5.73 Å². The normalized spacial score (nSPS) is 12.1. The third-order valence-electron chi connectivity index (χ3n) is 2.69. The molecular weight excluding hydrogens is 244 g/mol. The highest BCUT2D eigenvalue weighted by atomic mass is 32.1. The molecule has 0 saturated heterocycles. The first kappa shape index (κ1) is 12.8. The van der Waals surface area contributed by atoms with E-state index in [0.29, 0.717) is 0 Å². The summed E-state index contributed by atoms with van der Waals surface area (Å²) in [7, 11) is 0. The molecule has 0 saturated carbocycles. The molecule has 0 radical (unpaired) electrons. The van der Waals surface area contributed by atoms with E-state index < -0.39 is 0 Å². The maximum atomic E-state index is 11.5. The lowest BCUT2D eigenvalue weighted by Gasteiger charge is -2.17. The topological polar surface area (TPSA) is 55.1 Å². The zero-order valence-corrected chi connectivity index (χ0v) is 10.8. The van der Waals surface area contributed by atoms with Gasteiger partial charge in [0.25, 0.3) is 0 Å². The van der Waals surface area contributed by atoms with Gasteiger partial charge in [-0.2, -0.15) is 0 Å². The number of benzene rings is 1. The van der Waals surface area contributed by atoms with Gasteiger partial charge in [-0.05, 0) is 23.4 Å². The zero-order valence-electron chi connectivity index (χ0n) is 10.0. The molecule has 3 nitrogen and oxygen atoms in total. The Labute approximate surface area is 111 Å². The van der Waals surface area contributed by atoms with Crippen molar-refractivity contribution in [3.8, 4) is 0 Å². The van der Waals surface area contributed by atoms with Crippen LogP contribution < -0.4 is 11.1 Å². The second kappa shape index (κ2) is 6.33. The van der Waals surface area contributed by atoms with Gasteiger partial charge in [0.2, 0.25) is 5.91 Å². The van der Waals surface area contributed by atoms with Gasteiger partial charge < -0.3 is 11.1 Å². The highest BCUT2D eigenvalue weighted by Crippen LogP contribution is 2.22. The number of carbonyl (C=O) groups excluding carboxylic acids is 1. The number of hydrogen-bond donors (Lipinski definition) is 2. The number of nitrogens with one attached hydrogen (secondary N) is 1. The third kappa shape index (κ3) is 3.42. The van der Waals surface area contributed by atoms with Gasteiger partial charge in [0.05, 0.1) is 12.6 Å². The molecule has 1 heterocycles. The zero-order chi connectivity index (χ0) is 12.8. The first-order valence-corrected chi connectivity index (χ1v) is 6.74. The standard InChI is InChI=1S/C14H16N2OS/c15-10-14(17)16-12(13-7-4-8-18-13)9-11-5-2-1-3-6-11/h1-8,12H,9-10,15H2,(H,16,17). The van der Waals surface area contributed by atoms with Crippen molar-refractivity contribution in [2.24, 2.45) is 5.73 Å². The maximum absolute atomic E-state index is 11.5. The van der Waals surface area contributed by atoms with Gasteiger partial charge in [-0.15, -0.1) is 11.3 Å². The van der Waals surface area contributed by atoms with Crippen LogP contribution >= 0.6 is 11.3 Å². The van der Waals surface area contributed by atoms with E-state index in [2.05, 4.69) is 17.4 Å². The lowest BCUT2D eigenvalue weighted by Crippen LogP contribution is -2.34. The van der Waals surface area contributed by atoms with Gasteiger partial charge in [-0.1, -0.05) is 36.4 Å². The van der Waals surface area contributed by atoms with Crippen LogP contribution in [0.3, 0.4) is 0 Å². The summed E-state index contributed by atoms with van der Waals surface area (Å²) < 4.78 is 0. The number of rotatable bonds is 5. The molecule has 0 bridgehead atoms. The van der Waals surface area contributed by atoms with Gasteiger partial charge in [0, 0.05) is 4.88 Å². The van der Waals surface area contributed by atoms with Crippen LogP contribution in [0.1, 0.15) is 16.5 Å². The summed E-state index contributed by atoms with van der Waals surface area (Å²) in [5.74, 6) is -0.121. The number of carbonyl (C=O) groups is 1. The number of amides is 1. The molecule has 1 unspecified atom stereocenters. The SMILES string of the molecule is NCC(=O)NC(Cc1ccccc1)c1cccs1. The third-order valence-corrected chi connectivity index (χ3v) is 3.68. The molecule has 18 heavy (non-hydrogen) atoms. The monoisotopic (exact) mass is 260 g/mol. The minimum Gasteiger partial charge on any atom is -0.347 e. The van der Waals surface area contributed by atoms with Crippen LogP contribution in [-0.4, -0.2) is 12.5 Å². The summed E-state index contributed by atoms with van der Waals surface area (Å²) >= 11 is 1.65. The predicted molar refractivity (Wildman–Crippen MR) is 74.4 cm³/mol. The Balaban J connectivity index is 2.12. The minimum atomic E-state index is -0.121. The molecule has 4 heteroatoms. The van der Waals surface area contributed by atoms with E-state index in [1.807, 2.05) is 35.7 Å². The Kier molecular flexibility index (Phi) is 4.50. The van der Waals surface area contributed by atoms with Crippen LogP contribution in [-0.2, 0) is 11.2 Å². The predicted octanol–water partition coefficient (Wildman–Crippen LogP) is 2.11. The Morgan fingerprint density at radius 1 is 1.22 bits per heavy atom. The molecule has 0 aliphatic carbocycles.